The van der Waals surface area contributed by atoms with Crippen LogP contribution in [-0.4, -0.2) is 15.5 Å². The average Bonchev–Trinajstić information content (AvgIpc) is 2.48. The van der Waals surface area contributed by atoms with Crippen molar-refractivity contribution >= 4 is 23.4 Å². The second-order valence-corrected chi connectivity index (χ2v) is 5.94. The average molecular weight is 306 g/mol. The highest BCUT2D eigenvalue weighted by molar-refractivity contribution is 6.32. The van der Waals surface area contributed by atoms with Gasteiger partial charge in [0.2, 0.25) is 5.95 Å². The predicted octanol–water partition coefficient (Wildman–Crippen LogP) is 3.24. The first-order valence-corrected chi connectivity index (χ1v) is 7.19. The van der Waals surface area contributed by atoms with Gasteiger partial charge in [0.1, 0.15) is 5.02 Å². The summed E-state index contributed by atoms with van der Waals surface area (Å²) in [4.78, 5) is 8.20. The SMILES string of the molecule is CC(C)(CCc1ccccc1)Nc1nc(NN)ncc1Cl. The summed E-state index contributed by atoms with van der Waals surface area (Å²) in [6.45, 7) is 4.23. The number of halogens is 1. The van der Waals surface area contributed by atoms with E-state index in [2.05, 4.69) is 58.8 Å². The molecule has 2 rings (SSSR count). The zero-order valence-electron chi connectivity index (χ0n) is 12.2. The standard InChI is InChI=1S/C15H20ClN5/c1-15(2,9-8-11-6-4-3-5-7-11)20-13-12(16)10-18-14(19-13)21-17/h3-7,10H,8-9,17H2,1-2H3,(H2,18,19,20,21). The molecule has 4 N–H and O–H groups in total. The van der Waals surface area contributed by atoms with Gasteiger partial charge in [0.15, 0.2) is 5.82 Å². The van der Waals surface area contributed by atoms with Crippen LogP contribution in [0.3, 0.4) is 0 Å². The van der Waals surface area contributed by atoms with E-state index in [1.54, 1.807) is 0 Å². The summed E-state index contributed by atoms with van der Waals surface area (Å²) in [5.74, 6) is 6.24. The molecule has 0 aliphatic carbocycles. The van der Waals surface area contributed by atoms with Crippen molar-refractivity contribution in [3.63, 3.8) is 0 Å². The van der Waals surface area contributed by atoms with Gasteiger partial charge in [-0.05, 0) is 32.3 Å². The molecule has 0 fully saturated rings. The highest BCUT2D eigenvalue weighted by Gasteiger charge is 2.19. The Morgan fingerprint density at radius 2 is 1.95 bits per heavy atom. The molecule has 6 heteroatoms. The maximum atomic E-state index is 6.12. The predicted molar refractivity (Wildman–Crippen MR) is 87.3 cm³/mol. The summed E-state index contributed by atoms with van der Waals surface area (Å²) in [7, 11) is 0. The number of anilines is 2. The second kappa shape index (κ2) is 6.74. The van der Waals surface area contributed by atoms with Crippen LogP contribution in [0, 0.1) is 0 Å². The van der Waals surface area contributed by atoms with Crippen LogP contribution in [0.25, 0.3) is 0 Å². The van der Waals surface area contributed by atoms with Crippen LogP contribution < -0.4 is 16.6 Å². The van der Waals surface area contributed by atoms with E-state index in [0.717, 1.165) is 12.8 Å². The number of nitrogen functional groups attached to an aromatic ring is 1. The first-order valence-electron chi connectivity index (χ1n) is 6.81. The minimum Gasteiger partial charge on any atom is -0.364 e. The van der Waals surface area contributed by atoms with E-state index in [1.807, 2.05) is 6.07 Å². The van der Waals surface area contributed by atoms with Gasteiger partial charge in [-0.15, -0.1) is 0 Å². The Kier molecular flexibility index (Phi) is 4.98. The Labute approximate surface area is 129 Å². The molecule has 0 amide bonds. The minimum absolute atomic E-state index is 0.153. The molecule has 0 saturated carbocycles. The third-order valence-electron chi connectivity index (χ3n) is 3.21. The summed E-state index contributed by atoms with van der Waals surface area (Å²) < 4.78 is 0. The van der Waals surface area contributed by atoms with Gasteiger partial charge in [0.25, 0.3) is 0 Å². The number of nitrogens with two attached hydrogens (primary N) is 1. The lowest BCUT2D eigenvalue weighted by molar-refractivity contribution is 0.516. The molecule has 1 aromatic heterocycles. The van der Waals surface area contributed by atoms with Crippen LogP contribution in [0.4, 0.5) is 11.8 Å². The fourth-order valence-corrected chi connectivity index (χ4v) is 2.15. The number of hydrazine groups is 1. The number of rotatable bonds is 6. The van der Waals surface area contributed by atoms with Crippen LogP contribution in [0.5, 0.6) is 0 Å². The topological polar surface area (TPSA) is 75.9 Å². The molecule has 1 heterocycles. The molecule has 1 aromatic carbocycles. The van der Waals surface area contributed by atoms with Crippen molar-refractivity contribution in [2.75, 3.05) is 10.7 Å². The summed E-state index contributed by atoms with van der Waals surface area (Å²) in [6, 6.07) is 10.4. The van der Waals surface area contributed by atoms with Crippen molar-refractivity contribution in [1.29, 1.82) is 0 Å². The van der Waals surface area contributed by atoms with Gasteiger partial charge < -0.3 is 5.32 Å². The normalized spacial score (nSPS) is 11.2. The van der Waals surface area contributed by atoms with Crippen LogP contribution in [0.1, 0.15) is 25.8 Å². The molecule has 21 heavy (non-hydrogen) atoms. The molecule has 0 aliphatic rings. The maximum Gasteiger partial charge on any atom is 0.239 e. The Balaban J connectivity index is 2.03. The summed E-state index contributed by atoms with van der Waals surface area (Å²) in [5.41, 5.74) is 3.57. The van der Waals surface area contributed by atoms with E-state index in [0.29, 0.717) is 16.8 Å². The third-order valence-corrected chi connectivity index (χ3v) is 3.49. The summed E-state index contributed by atoms with van der Waals surface area (Å²) in [6.07, 6.45) is 3.45. The van der Waals surface area contributed by atoms with Gasteiger partial charge in [-0.3, -0.25) is 5.43 Å². The summed E-state index contributed by atoms with van der Waals surface area (Å²) >= 11 is 6.12. The van der Waals surface area contributed by atoms with Crippen LogP contribution in [0.2, 0.25) is 5.02 Å². The number of nitrogens with one attached hydrogen (secondary N) is 2. The van der Waals surface area contributed by atoms with Gasteiger partial charge in [-0.25, -0.2) is 10.8 Å². The van der Waals surface area contributed by atoms with E-state index in [4.69, 9.17) is 17.4 Å². The van der Waals surface area contributed by atoms with E-state index < -0.39 is 0 Å². The van der Waals surface area contributed by atoms with Crippen molar-refractivity contribution < 1.29 is 0 Å². The second-order valence-electron chi connectivity index (χ2n) is 5.53. The number of aromatic nitrogens is 2. The van der Waals surface area contributed by atoms with Crippen molar-refractivity contribution in [3.8, 4) is 0 Å². The lowest BCUT2D eigenvalue weighted by Crippen LogP contribution is -2.32. The molecular formula is C15H20ClN5. The molecule has 0 bridgehead atoms. The van der Waals surface area contributed by atoms with Gasteiger partial charge in [-0.1, -0.05) is 41.9 Å². The van der Waals surface area contributed by atoms with Crippen molar-refractivity contribution in [1.82, 2.24) is 9.97 Å². The van der Waals surface area contributed by atoms with Crippen LogP contribution >= 0.6 is 11.6 Å². The lowest BCUT2D eigenvalue weighted by Gasteiger charge is -2.27. The Morgan fingerprint density at radius 1 is 1.24 bits per heavy atom. The Bertz CT molecular complexity index is 586. The van der Waals surface area contributed by atoms with Crippen molar-refractivity contribution in [2.45, 2.75) is 32.2 Å². The summed E-state index contributed by atoms with van der Waals surface area (Å²) in [5, 5.41) is 3.83. The van der Waals surface area contributed by atoms with Crippen molar-refractivity contribution in [3.05, 3.63) is 47.1 Å². The van der Waals surface area contributed by atoms with Gasteiger partial charge in [0, 0.05) is 5.54 Å². The number of nitrogens with zero attached hydrogens (tertiary/aromatic N) is 2. The smallest absolute Gasteiger partial charge is 0.239 e. The zero-order valence-corrected chi connectivity index (χ0v) is 13.0. The van der Waals surface area contributed by atoms with E-state index in [9.17, 15) is 0 Å². The third kappa shape index (κ3) is 4.58. The first kappa shape index (κ1) is 15.5. The molecule has 2 aromatic rings. The number of benzene rings is 1. The molecule has 0 unspecified atom stereocenters. The molecule has 0 saturated heterocycles. The number of hydrogen-bond donors (Lipinski definition) is 3. The number of hydrogen-bond acceptors (Lipinski definition) is 5. The van der Waals surface area contributed by atoms with E-state index in [1.165, 1.54) is 11.8 Å². The van der Waals surface area contributed by atoms with Gasteiger partial charge >= 0.3 is 0 Å². The maximum absolute atomic E-state index is 6.12. The molecule has 5 nitrogen and oxygen atoms in total. The van der Waals surface area contributed by atoms with Gasteiger partial charge in [-0.2, -0.15) is 4.98 Å². The lowest BCUT2D eigenvalue weighted by atomic mass is 9.95. The first-order chi connectivity index (χ1) is 10.00. The van der Waals surface area contributed by atoms with Crippen LogP contribution in [-0.2, 0) is 6.42 Å². The van der Waals surface area contributed by atoms with E-state index >= 15 is 0 Å². The highest BCUT2D eigenvalue weighted by Crippen LogP contribution is 2.25. The van der Waals surface area contributed by atoms with E-state index in [-0.39, 0.29) is 5.54 Å². The molecule has 0 radical (unpaired) electrons. The fourth-order valence-electron chi connectivity index (χ4n) is 2.01. The molecular weight excluding hydrogens is 286 g/mol. The molecule has 0 aliphatic heterocycles. The van der Waals surface area contributed by atoms with Gasteiger partial charge in [0.05, 0.1) is 6.20 Å². The Morgan fingerprint density at radius 3 is 2.62 bits per heavy atom. The van der Waals surface area contributed by atoms with Crippen LogP contribution in [0.15, 0.2) is 36.5 Å². The monoisotopic (exact) mass is 305 g/mol. The quantitative estimate of drug-likeness (QED) is 0.564. The zero-order chi connectivity index (χ0) is 15.3. The fraction of sp³-hybridized carbons (Fsp3) is 0.333. The molecule has 112 valence electrons. The Hall–Kier alpha value is -1.85. The molecule has 0 atom stereocenters. The highest BCUT2D eigenvalue weighted by atomic mass is 35.5. The molecule has 0 spiro atoms. The minimum atomic E-state index is -0.153. The van der Waals surface area contributed by atoms with Crippen molar-refractivity contribution in [2.24, 2.45) is 5.84 Å². The largest absolute Gasteiger partial charge is 0.364 e. The number of aryl methyl sites for hydroxylation is 1.